The Hall–Kier alpha value is -2.77. The van der Waals surface area contributed by atoms with Crippen molar-refractivity contribution in [3.05, 3.63) is 23.8 Å². The molecule has 2 amide bonds. The van der Waals surface area contributed by atoms with Gasteiger partial charge in [-0.1, -0.05) is 0 Å². The highest BCUT2D eigenvalue weighted by molar-refractivity contribution is 5.96. The first kappa shape index (κ1) is 18.3. The first-order valence-corrected chi connectivity index (χ1v) is 6.98. The van der Waals surface area contributed by atoms with Gasteiger partial charge in [0.15, 0.2) is 0 Å². The molecule has 126 valence electrons. The van der Waals surface area contributed by atoms with Crippen LogP contribution < -0.4 is 20.3 Å². The normalized spacial score (nSPS) is 9.70. The molecule has 8 heteroatoms. The van der Waals surface area contributed by atoms with Crippen LogP contribution in [0.5, 0.6) is 11.5 Å². The predicted molar refractivity (Wildman–Crippen MR) is 81.0 cm³/mol. The molecule has 0 fully saturated rings. The number of methoxy groups -OCH3 is 2. The summed E-state index contributed by atoms with van der Waals surface area (Å²) in [5, 5.41) is 0. The lowest BCUT2D eigenvalue weighted by Crippen LogP contribution is -2.41. The molecule has 0 heterocycles. The second-order valence-electron chi connectivity index (χ2n) is 4.41. The molecule has 1 aromatic rings. The van der Waals surface area contributed by atoms with E-state index in [1.165, 1.54) is 26.4 Å². The third kappa shape index (κ3) is 6.25. The zero-order chi connectivity index (χ0) is 17.2. The summed E-state index contributed by atoms with van der Waals surface area (Å²) in [6.45, 7) is 1.94. The van der Waals surface area contributed by atoms with Gasteiger partial charge < -0.3 is 14.2 Å². The molecule has 0 saturated carbocycles. The highest BCUT2D eigenvalue weighted by atomic mass is 16.5. The third-order valence-corrected chi connectivity index (χ3v) is 2.79. The minimum atomic E-state index is -0.535. The Morgan fingerprint density at radius 3 is 2.09 bits per heavy atom. The van der Waals surface area contributed by atoms with E-state index in [4.69, 9.17) is 14.2 Å². The number of rotatable bonds is 7. The van der Waals surface area contributed by atoms with Gasteiger partial charge in [0.2, 0.25) is 5.91 Å². The number of esters is 1. The number of nitrogens with one attached hydrogen (secondary N) is 2. The van der Waals surface area contributed by atoms with Crippen LogP contribution in [0.1, 0.15) is 30.1 Å². The average Bonchev–Trinajstić information content (AvgIpc) is 2.57. The molecule has 1 rings (SSSR count). The smallest absolute Gasteiger partial charge is 0.306 e. The molecule has 0 aliphatic carbocycles. The van der Waals surface area contributed by atoms with Gasteiger partial charge in [-0.2, -0.15) is 0 Å². The lowest BCUT2D eigenvalue weighted by Gasteiger charge is -2.10. The Kier molecular flexibility index (Phi) is 7.38. The molecule has 0 bridgehead atoms. The van der Waals surface area contributed by atoms with Crippen molar-refractivity contribution in [2.75, 3.05) is 20.8 Å². The van der Waals surface area contributed by atoms with Crippen molar-refractivity contribution in [1.29, 1.82) is 0 Å². The topological polar surface area (TPSA) is 103 Å². The molecule has 1 aromatic carbocycles. The van der Waals surface area contributed by atoms with Gasteiger partial charge in [-0.3, -0.25) is 25.2 Å². The maximum Gasteiger partial charge on any atom is 0.306 e. The van der Waals surface area contributed by atoms with Gasteiger partial charge in [0.1, 0.15) is 11.5 Å². The highest BCUT2D eigenvalue weighted by Crippen LogP contribution is 2.22. The van der Waals surface area contributed by atoms with E-state index in [1.807, 2.05) is 0 Å². The maximum absolute atomic E-state index is 12.0. The van der Waals surface area contributed by atoms with Crippen molar-refractivity contribution in [1.82, 2.24) is 10.9 Å². The van der Waals surface area contributed by atoms with Crippen LogP contribution in [-0.2, 0) is 14.3 Å². The van der Waals surface area contributed by atoms with Gasteiger partial charge in [0.25, 0.3) is 5.91 Å². The summed E-state index contributed by atoms with van der Waals surface area (Å²) in [6.07, 6.45) is -0.136. The van der Waals surface area contributed by atoms with Crippen LogP contribution in [0.2, 0.25) is 0 Å². The van der Waals surface area contributed by atoms with Crippen molar-refractivity contribution in [2.45, 2.75) is 19.8 Å². The Bertz CT molecular complexity index is 551. The number of carbonyl (C=O) groups excluding carboxylic acids is 3. The third-order valence-electron chi connectivity index (χ3n) is 2.79. The Morgan fingerprint density at radius 1 is 0.957 bits per heavy atom. The summed E-state index contributed by atoms with van der Waals surface area (Å²) in [5.74, 6) is -0.606. The number of amides is 2. The molecular weight excluding hydrogens is 304 g/mol. The summed E-state index contributed by atoms with van der Waals surface area (Å²) in [7, 11) is 2.93. The fourth-order valence-electron chi connectivity index (χ4n) is 1.65. The molecular formula is C15H20N2O6. The van der Waals surface area contributed by atoms with Crippen molar-refractivity contribution < 1.29 is 28.6 Å². The summed E-state index contributed by atoms with van der Waals surface area (Å²) < 4.78 is 14.8. The molecule has 0 aromatic heterocycles. The minimum Gasteiger partial charge on any atom is -0.497 e. The quantitative estimate of drug-likeness (QED) is 0.568. The van der Waals surface area contributed by atoms with Gasteiger partial charge in [-0.05, 0) is 19.1 Å². The van der Waals surface area contributed by atoms with Crippen LogP contribution in [0.3, 0.4) is 0 Å². The maximum atomic E-state index is 12.0. The van der Waals surface area contributed by atoms with Crippen LogP contribution in [0.4, 0.5) is 0 Å². The number of hydrogen-bond acceptors (Lipinski definition) is 6. The zero-order valence-electron chi connectivity index (χ0n) is 13.3. The minimum absolute atomic E-state index is 0.0530. The van der Waals surface area contributed by atoms with E-state index < -0.39 is 17.8 Å². The van der Waals surface area contributed by atoms with Gasteiger partial charge in [0, 0.05) is 18.1 Å². The number of hydrogen-bond donors (Lipinski definition) is 2. The fourth-order valence-corrected chi connectivity index (χ4v) is 1.65. The highest BCUT2D eigenvalue weighted by Gasteiger charge is 2.12. The molecule has 0 saturated heterocycles. The molecule has 2 N–H and O–H groups in total. The fraction of sp³-hybridized carbons (Fsp3) is 0.400. The van der Waals surface area contributed by atoms with Crippen LogP contribution >= 0.6 is 0 Å². The molecule has 0 unspecified atom stereocenters. The molecule has 0 radical (unpaired) electrons. The number of carbonyl (C=O) groups is 3. The van der Waals surface area contributed by atoms with E-state index in [1.54, 1.807) is 13.0 Å². The van der Waals surface area contributed by atoms with E-state index in [2.05, 4.69) is 10.9 Å². The van der Waals surface area contributed by atoms with Crippen molar-refractivity contribution >= 4 is 17.8 Å². The molecule has 0 aliphatic rings. The molecule has 0 spiro atoms. The first-order chi connectivity index (χ1) is 11.0. The van der Waals surface area contributed by atoms with E-state index in [0.29, 0.717) is 11.5 Å². The lowest BCUT2D eigenvalue weighted by molar-refractivity contribution is -0.144. The Labute approximate surface area is 134 Å². The summed E-state index contributed by atoms with van der Waals surface area (Å²) in [5.41, 5.74) is 4.74. The number of benzene rings is 1. The lowest BCUT2D eigenvalue weighted by atomic mass is 10.2. The molecule has 0 aliphatic heterocycles. The van der Waals surface area contributed by atoms with Gasteiger partial charge >= 0.3 is 5.97 Å². The number of hydrazine groups is 1. The standard InChI is InChI=1S/C15H20N2O6/c1-4-23-14(19)6-5-13(18)16-17-15(20)10-7-11(21-2)9-12(8-10)22-3/h7-9H,4-6H2,1-3H3,(H,16,18)(H,17,20). The summed E-state index contributed by atoms with van der Waals surface area (Å²) in [4.78, 5) is 34.7. The van der Waals surface area contributed by atoms with Crippen LogP contribution in [-0.4, -0.2) is 38.6 Å². The van der Waals surface area contributed by atoms with Crippen molar-refractivity contribution in [2.24, 2.45) is 0 Å². The monoisotopic (exact) mass is 324 g/mol. The van der Waals surface area contributed by atoms with Crippen LogP contribution in [0.15, 0.2) is 18.2 Å². The van der Waals surface area contributed by atoms with Gasteiger partial charge in [0.05, 0.1) is 27.2 Å². The predicted octanol–water partition coefficient (Wildman–Crippen LogP) is 0.808. The second kappa shape index (κ2) is 9.29. The average molecular weight is 324 g/mol. The zero-order valence-corrected chi connectivity index (χ0v) is 13.3. The van der Waals surface area contributed by atoms with E-state index in [9.17, 15) is 14.4 Å². The van der Waals surface area contributed by atoms with Crippen LogP contribution in [0.25, 0.3) is 0 Å². The molecule has 0 atom stereocenters. The van der Waals surface area contributed by atoms with Gasteiger partial charge in [-0.15, -0.1) is 0 Å². The Balaban J connectivity index is 2.53. The van der Waals surface area contributed by atoms with E-state index in [0.717, 1.165) is 0 Å². The van der Waals surface area contributed by atoms with Crippen molar-refractivity contribution in [3.8, 4) is 11.5 Å². The Morgan fingerprint density at radius 2 is 1.57 bits per heavy atom. The summed E-state index contributed by atoms with van der Waals surface area (Å²) in [6, 6.07) is 4.62. The van der Waals surface area contributed by atoms with E-state index >= 15 is 0 Å². The van der Waals surface area contributed by atoms with Crippen LogP contribution in [0, 0.1) is 0 Å². The SMILES string of the molecule is CCOC(=O)CCC(=O)NNC(=O)c1cc(OC)cc(OC)c1. The number of ether oxygens (including phenoxy) is 3. The van der Waals surface area contributed by atoms with Gasteiger partial charge in [-0.25, -0.2) is 0 Å². The first-order valence-electron chi connectivity index (χ1n) is 6.98. The second-order valence-corrected chi connectivity index (χ2v) is 4.41. The van der Waals surface area contributed by atoms with E-state index in [-0.39, 0.29) is 25.0 Å². The largest absolute Gasteiger partial charge is 0.497 e. The molecule has 8 nitrogen and oxygen atoms in total. The molecule has 23 heavy (non-hydrogen) atoms. The van der Waals surface area contributed by atoms with Crippen molar-refractivity contribution in [3.63, 3.8) is 0 Å². The summed E-state index contributed by atoms with van der Waals surface area (Å²) >= 11 is 0.